The zero-order valence-corrected chi connectivity index (χ0v) is 31.4. The topological polar surface area (TPSA) is 129 Å². The molecule has 2 unspecified atom stereocenters. The Morgan fingerprint density at radius 1 is 0.942 bits per heavy atom. The fraction of sp³-hybridized carbons (Fsp3) is 0.575. The number of esters is 2. The number of carbonyl (C=O) groups is 3. The van der Waals surface area contributed by atoms with Crippen LogP contribution in [0.25, 0.3) is 10.9 Å². The van der Waals surface area contributed by atoms with Crippen molar-refractivity contribution in [2.75, 3.05) is 79.3 Å². The Morgan fingerprint density at radius 3 is 2.27 bits per heavy atom. The molecule has 0 bridgehead atoms. The summed E-state index contributed by atoms with van der Waals surface area (Å²) < 4.78 is 22.4. The number of nitrogens with zero attached hydrogens (tertiary/aromatic N) is 3. The van der Waals surface area contributed by atoms with E-state index in [0.29, 0.717) is 45.9 Å². The number of fused-ring (bicyclic) bond motifs is 1. The number of hydrogen-bond donors (Lipinski definition) is 2. The Kier molecular flexibility index (Phi) is 14.5. The molecular formula is C40H57N5O7. The Hall–Kier alpha value is -3.97. The van der Waals surface area contributed by atoms with E-state index in [-0.39, 0.29) is 30.7 Å². The largest absolute Gasteiger partial charge is 0.497 e. The van der Waals surface area contributed by atoms with Crippen molar-refractivity contribution in [2.45, 2.75) is 71.1 Å². The smallest absolute Gasteiger partial charge is 0.310 e. The van der Waals surface area contributed by atoms with E-state index in [1.165, 1.54) is 0 Å². The molecule has 2 atom stereocenters. The Labute approximate surface area is 308 Å². The van der Waals surface area contributed by atoms with E-state index in [1.54, 1.807) is 7.11 Å². The van der Waals surface area contributed by atoms with Crippen LogP contribution in [0.1, 0.15) is 62.8 Å². The molecule has 0 aliphatic carbocycles. The summed E-state index contributed by atoms with van der Waals surface area (Å²) in [5.41, 5.74) is 3.16. The molecule has 0 saturated carbocycles. The second kappa shape index (κ2) is 19.2. The average molecular weight is 720 g/mol. The quantitative estimate of drug-likeness (QED) is 0.0930. The number of rotatable bonds is 21. The van der Waals surface area contributed by atoms with Gasteiger partial charge in [0.25, 0.3) is 0 Å². The minimum absolute atomic E-state index is 0.00139. The van der Waals surface area contributed by atoms with Gasteiger partial charge < -0.3 is 33.7 Å². The van der Waals surface area contributed by atoms with Gasteiger partial charge in [-0.05, 0) is 56.4 Å². The first-order chi connectivity index (χ1) is 25.2. The number of piperazine rings is 1. The lowest BCUT2D eigenvalue weighted by atomic mass is 10.0. The summed E-state index contributed by atoms with van der Waals surface area (Å²) in [5.74, 6) is 0.232. The van der Waals surface area contributed by atoms with Crippen molar-refractivity contribution >= 4 is 28.7 Å². The van der Waals surface area contributed by atoms with Crippen LogP contribution in [0.4, 0.5) is 0 Å². The fourth-order valence-electron chi connectivity index (χ4n) is 6.99. The molecule has 1 amide bonds. The molecule has 2 fully saturated rings. The number of H-pyrrole nitrogens is 1. The number of ether oxygens (including phenoxy) is 4. The molecule has 0 spiro atoms. The van der Waals surface area contributed by atoms with Crippen LogP contribution in [0.5, 0.6) is 5.75 Å². The van der Waals surface area contributed by atoms with Crippen LogP contribution in [-0.4, -0.2) is 123 Å². The number of nitrogens with one attached hydrogen (secondary N) is 2. The van der Waals surface area contributed by atoms with E-state index in [1.807, 2.05) is 60.4 Å². The van der Waals surface area contributed by atoms with Gasteiger partial charge in [0, 0.05) is 80.9 Å². The molecule has 2 aliphatic rings. The molecule has 2 saturated heterocycles. The lowest BCUT2D eigenvalue weighted by Crippen LogP contribution is -2.51. The standard InChI is InChI=1S/C40H57N5O7/c1-5-17-45(18-6-2)39(48)36(42-40(29-52-40)31-11-8-7-9-12-31)15-16-37(46)50-25-10-19-43-20-22-44(23-21-43)24-26-51-38(47)28-33-30(3)41-35-14-13-32(49-4)27-34(33)35/h7-9,11-14,27,36,41-42H,5-6,10,15-26,28-29H2,1-4H3. The number of epoxide rings is 1. The highest BCUT2D eigenvalue weighted by atomic mass is 16.6. The van der Waals surface area contributed by atoms with Gasteiger partial charge in [0.15, 0.2) is 5.72 Å². The Morgan fingerprint density at radius 2 is 1.62 bits per heavy atom. The SMILES string of the molecule is CCCN(CCC)C(=O)C(CCC(=O)OCCCN1CCN(CCOC(=O)Cc2c(C)[nH]c3ccc(OC)cc23)CC1)NC1(c2ccccc2)CO1. The summed E-state index contributed by atoms with van der Waals surface area (Å²) in [5, 5.41) is 4.45. The summed E-state index contributed by atoms with van der Waals surface area (Å²) >= 11 is 0. The second-order valence-corrected chi connectivity index (χ2v) is 13.8. The summed E-state index contributed by atoms with van der Waals surface area (Å²) in [6.07, 6.45) is 3.20. The van der Waals surface area contributed by atoms with Gasteiger partial charge >= 0.3 is 11.9 Å². The maximum atomic E-state index is 13.7. The molecule has 2 aliphatic heterocycles. The van der Waals surface area contributed by atoms with Gasteiger partial charge in [0.1, 0.15) is 12.4 Å². The minimum atomic E-state index is -0.697. The van der Waals surface area contributed by atoms with Gasteiger partial charge in [-0.25, -0.2) is 0 Å². The molecule has 5 rings (SSSR count). The molecule has 3 aromatic rings. The molecule has 1 aromatic heterocycles. The van der Waals surface area contributed by atoms with E-state index >= 15 is 0 Å². The number of hydrogen-bond acceptors (Lipinski definition) is 10. The minimum Gasteiger partial charge on any atom is -0.497 e. The maximum absolute atomic E-state index is 13.7. The first-order valence-corrected chi connectivity index (χ1v) is 18.9. The second-order valence-electron chi connectivity index (χ2n) is 13.8. The van der Waals surface area contributed by atoms with Crippen LogP contribution in [0.2, 0.25) is 0 Å². The Bertz CT molecular complexity index is 1590. The van der Waals surface area contributed by atoms with E-state index < -0.39 is 11.8 Å². The summed E-state index contributed by atoms with van der Waals surface area (Å²) in [6, 6.07) is 15.1. The molecule has 3 heterocycles. The number of aromatic nitrogens is 1. The summed E-state index contributed by atoms with van der Waals surface area (Å²) in [4.78, 5) is 49.1. The fourth-order valence-corrected chi connectivity index (χ4v) is 6.99. The van der Waals surface area contributed by atoms with Crippen LogP contribution in [-0.2, 0) is 40.7 Å². The van der Waals surface area contributed by atoms with E-state index in [4.69, 9.17) is 18.9 Å². The normalized spacial score (nSPS) is 18.2. The van der Waals surface area contributed by atoms with Crippen molar-refractivity contribution in [3.05, 3.63) is 65.4 Å². The van der Waals surface area contributed by atoms with Gasteiger partial charge in [0.2, 0.25) is 5.91 Å². The number of aromatic amines is 1. The summed E-state index contributed by atoms with van der Waals surface area (Å²) in [6.45, 7) is 13.8. The molecule has 52 heavy (non-hydrogen) atoms. The van der Waals surface area contributed by atoms with Crippen LogP contribution in [0, 0.1) is 6.92 Å². The predicted octanol–water partition coefficient (Wildman–Crippen LogP) is 4.39. The molecular weight excluding hydrogens is 662 g/mol. The van der Waals surface area contributed by atoms with Crippen LogP contribution in [0.3, 0.4) is 0 Å². The number of benzene rings is 2. The maximum Gasteiger partial charge on any atom is 0.310 e. The van der Waals surface area contributed by atoms with Crippen molar-refractivity contribution in [2.24, 2.45) is 0 Å². The highest BCUT2D eigenvalue weighted by Gasteiger charge is 2.49. The lowest BCUT2D eigenvalue weighted by molar-refractivity contribution is -0.145. The van der Waals surface area contributed by atoms with Crippen molar-refractivity contribution in [1.29, 1.82) is 0 Å². The number of aryl methyl sites for hydroxylation is 1. The first kappa shape index (κ1) is 39.2. The van der Waals surface area contributed by atoms with Gasteiger partial charge in [-0.15, -0.1) is 0 Å². The third-order valence-electron chi connectivity index (χ3n) is 9.98. The number of amides is 1. The zero-order chi connectivity index (χ0) is 36.9. The molecule has 0 radical (unpaired) electrons. The average Bonchev–Trinajstić information content (AvgIpc) is 3.89. The number of carbonyl (C=O) groups excluding carboxylic acids is 3. The van der Waals surface area contributed by atoms with Crippen molar-refractivity contribution in [3.63, 3.8) is 0 Å². The van der Waals surface area contributed by atoms with Gasteiger partial charge in [0.05, 0.1) is 32.8 Å². The predicted molar refractivity (Wildman–Crippen MR) is 200 cm³/mol. The molecule has 2 aromatic carbocycles. The van der Waals surface area contributed by atoms with Crippen LogP contribution >= 0.6 is 0 Å². The van der Waals surface area contributed by atoms with Crippen molar-refractivity contribution in [3.8, 4) is 5.75 Å². The molecule has 2 N–H and O–H groups in total. The third-order valence-corrected chi connectivity index (χ3v) is 9.98. The monoisotopic (exact) mass is 719 g/mol. The number of methoxy groups -OCH3 is 1. The third kappa shape index (κ3) is 10.8. The lowest BCUT2D eigenvalue weighted by Gasteiger charge is -2.34. The van der Waals surface area contributed by atoms with E-state index in [0.717, 1.165) is 85.5 Å². The highest BCUT2D eigenvalue weighted by molar-refractivity contribution is 5.89. The highest BCUT2D eigenvalue weighted by Crippen LogP contribution is 2.36. The molecule has 12 heteroatoms. The zero-order valence-electron chi connectivity index (χ0n) is 31.4. The van der Waals surface area contributed by atoms with Crippen LogP contribution < -0.4 is 10.1 Å². The van der Waals surface area contributed by atoms with E-state index in [2.05, 4.69) is 33.9 Å². The summed E-state index contributed by atoms with van der Waals surface area (Å²) in [7, 11) is 1.63. The first-order valence-electron chi connectivity index (χ1n) is 18.9. The van der Waals surface area contributed by atoms with Crippen molar-refractivity contribution in [1.82, 2.24) is 25.0 Å². The molecule has 284 valence electrons. The Balaban J connectivity index is 0.978. The van der Waals surface area contributed by atoms with Gasteiger partial charge in [-0.3, -0.25) is 24.6 Å². The van der Waals surface area contributed by atoms with Crippen molar-refractivity contribution < 1.29 is 33.3 Å². The van der Waals surface area contributed by atoms with Gasteiger partial charge in [-0.2, -0.15) is 0 Å². The van der Waals surface area contributed by atoms with Crippen LogP contribution in [0.15, 0.2) is 48.5 Å². The van der Waals surface area contributed by atoms with Gasteiger partial charge in [-0.1, -0.05) is 44.2 Å². The van der Waals surface area contributed by atoms with E-state index in [9.17, 15) is 14.4 Å². The molecule has 12 nitrogen and oxygen atoms in total.